The first kappa shape index (κ1) is 13.6. The van der Waals surface area contributed by atoms with Crippen LogP contribution in [0.3, 0.4) is 0 Å². The molecule has 1 aliphatic rings. The maximum atomic E-state index is 3.66. The van der Waals surface area contributed by atoms with Crippen molar-refractivity contribution in [3.8, 4) is 0 Å². The second kappa shape index (κ2) is 6.38. The number of aryl methyl sites for hydroxylation is 2. The normalized spacial score (nSPS) is 16.8. The Morgan fingerprint density at radius 1 is 1.22 bits per heavy atom. The van der Waals surface area contributed by atoms with E-state index in [1.54, 1.807) is 5.56 Å². The van der Waals surface area contributed by atoms with E-state index in [1.807, 2.05) is 0 Å². The highest BCUT2D eigenvalue weighted by Crippen LogP contribution is 2.34. The van der Waals surface area contributed by atoms with Gasteiger partial charge in [0.25, 0.3) is 0 Å². The molecule has 0 saturated heterocycles. The molecule has 1 nitrogen and oxygen atoms in total. The minimum absolute atomic E-state index is 0.777. The van der Waals surface area contributed by atoms with Gasteiger partial charge < -0.3 is 5.32 Å². The molecule has 1 aromatic carbocycles. The average Bonchev–Trinajstić information content (AvgIpc) is 3.15. The zero-order valence-electron chi connectivity index (χ0n) is 12.1. The highest BCUT2D eigenvalue weighted by molar-refractivity contribution is 5.33. The molecule has 1 N–H and O–H groups in total. The smallest absolute Gasteiger partial charge is 0.00953 e. The molecule has 0 aromatic heterocycles. The molecular formula is C17H27N. The second-order valence-corrected chi connectivity index (χ2v) is 5.76. The van der Waals surface area contributed by atoms with Crippen molar-refractivity contribution in [2.75, 3.05) is 6.54 Å². The quantitative estimate of drug-likeness (QED) is 0.765. The van der Waals surface area contributed by atoms with Crippen LogP contribution in [0.5, 0.6) is 0 Å². The second-order valence-electron chi connectivity index (χ2n) is 5.76. The first-order chi connectivity index (χ1) is 8.72. The molecule has 1 fully saturated rings. The van der Waals surface area contributed by atoms with Gasteiger partial charge in [0.1, 0.15) is 0 Å². The molecule has 0 heterocycles. The molecule has 0 amide bonds. The number of nitrogens with one attached hydrogen (secondary N) is 1. The molecule has 0 spiro atoms. The van der Waals surface area contributed by atoms with Crippen molar-refractivity contribution in [2.45, 2.75) is 58.9 Å². The van der Waals surface area contributed by atoms with Crippen molar-refractivity contribution in [2.24, 2.45) is 5.92 Å². The van der Waals surface area contributed by atoms with Crippen molar-refractivity contribution < 1.29 is 0 Å². The molecule has 1 unspecified atom stereocenters. The molecule has 1 atom stereocenters. The molecule has 0 radical (unpaired) electrons. The van der Waals surface area contributed by atoms with Crippen molar-refractivity contribution in [1.82, 2.24) is 5.32 Å². The van der Waals surface area contributed by atoms with E-state index in [0.29, 0.717) is 0 Å². The van der Waals surface area contributed by atoms with E-state index in [-0.39, 0.29) is 0 Å². The lowest BCUT2D eigenvalue weighted by Gasteiger charge is -2.17. The summed E-state index contributed by atoms with van der Waals surface area (Å²) in [5, 5.41) is 3.66. The number of hydrogen-bond acceptors (Lipinski definition) is 1. The maximum absolute atomic E-state index is 3.66. The fourth-order valence-corrected chi connectivity index (χ4v) is 3.01. The molecule has 1 aromatic rings. The summed E-state index contributed by atoms with van der Waals surface area (Å²) < 4.78 is 0. The molecule has 1 heteroatoms. The van der Waals surface area contributed by atoms with Gasteiger partial charge >= 0.3 is 0 Å². The van der Waals surface area contributed by atoms with E-state index in [1.165, 1.54) is 43.2 Å². The summed E-state index contributed by atoms with van der Waals surface area (Å²) in [7, 11) is 0. The lowest BCUT2D eigenvalue weighted by molar-refractivity contribution is 0.434. The largest absolute Gasteiger partial charge is 0.314 e. The van der Waals surface area contributed by atoms with E-state index in [2.05, 4.69) is 44.3 Å². The summed E-state index contributed by atoms with van der Waals surface area (Å²) in [6.07, 6.45) is 6.79. The highest BCUT2D eigenvalue weighted by Gasteiger charge is 2.29. The Bertz CT molecular complexity index is 359. The molecule has 0 aliphatic heterocycles. The van der Waals surface area contributed by atoms with E-state index in [0.717, 1.165) is 18.5 Å². The van der Waals surface area contributed by atoms with Crippen molar-refractivity contribution >= 4 is 0 Å². The average molecular weight is 245 g/mol. The Labute approximate surface area is 112 Å². The van der Waals surface area contributed by atoms with Gasteiger partial charge in [-0.3, -0.25) is 0 Å². The summed E-state index contributed by atoms with van der Waals surface area (Å²) in [5.41, 5.74) is 4.49. The minimum atomic E-state index is 0.777. The molecule has 1 saturated carbocycles. The van der Waals surface area contributed by atoms with Gasteiger partial charge in [-0.1, -0.05) is 25.1 Å². The highest BCUT2D eigenvalue weighted by atomic mass is 14.9. The summed E-state index contributed by atoms with van der Waals surface area (Å²) in [6.45, 7) is 7.82. The lowest BCUT2D eigenvalue weighted by atomic mass is 9.96. The van der Waals surface area contributed by atoms with Crippen molar-refractivity contribution in [3.63, 3.8) is 0 Å². The topological polar surface area (TPSA) is 12.0 Å². The number of hydrogen-bond donors (Lipinski definition) is 1. The van der Waals surface area contributed by atoms with Crippen LogP contribution in [0.4, 0.5) is 0 Å². The van der Waals surface area contributed by atoms with Crippen LogP contribution in [-0.4, -0.2) is 12.6 Å². The molecule has 18 heavy (non-hydrogen) atoms. The van der Waals surface area contributed by atoms with Gasteiger partial charge in [0, 0.05) is 6.04 Å². The van der Waals surface area contributed by atoms with Gasteiger partial charge in [-0.2, -0.15) is 0 Å². The summed E-state index contributed by atoms with van der Waals surface area (Å²) in [4.78, 5) is 0. The van der Waals surface area contributed by atoms with Crippen molar-refractivity contribution in [1.29, 1.82) is 0 Å². The summed E-state index contributed by atoms with van der Waals surface area (Å²) in [5.74, 6) is 0.975. The standard InChI is InChI=1S/C17H27N/c1-4-18-17(15-11-12-15)10-6-9-16-13(2)7-5-8-14(16)3/h5,7-8,15,17-18H,4,6,9-12H2,1-3H3. The summed E-state index contributed by atoms with van der Waals surface area (Å²) >= 11 is 0. The third kappa shape index (κ3) is 3.58. The van der Waals surface area contributed by atoms with E-state index in [9.17, 15) is 0 Å². The Morgan fingerprint density at radius 3 is 2.44 bits per heavy atom. The third-order valence-corrected chi connectivity index (χ3v) is 4.24. The summed E-state index contributed by atoms with van der Waals surface area (Å²) in [6, 6.07) is 7.43. The van der Waals surface area contributed by atoms with Gasteiger partial charge in [-0.05, 0) is 75.1 Å². The zero-order chi connectivity index (χ0) is 13.0. The fraction of sp³-hybridized carbons (Fsp3) is 0.647. The maximum Gasteiger partial charge on any atom is 0.00953 e. The van der Waals surface area contributed by atoms with Crippen LogP contribution < -0.4 is 5.32 Å². The Morgan fingerprint density at radius 2 is 1.89 bits per heavy atom. The van der Waals surface area contributed by atoms with Gasteiger partial charge in [0.15, 0.2) is 0 Å². The monoisotopic (exact) mass is 245 g/mol. The zero-order valence-corrected chi connectivity index (χ0v) is 12.1. The van der Waals surface area contributed by atoms with Crippen LogP contribution in [0.2, 0.25) is 0 Å². The molecule has 1 aliphatic carbocycles. The Hall–Kier alpha value is -0.820. The predicted molar refractivity (Wildman–Crippen MR) is 79.0 cm³/mol. The molecular weight excluding hydrogens is 218 g/mol. The third-order valence-electron chi connectivity index (χ3n) is 4.24. The van der Waals surface area contributed by atoms with Gasteiger partial charge in [0.2, 0.25) is 0 Å². The first-order valence-corrected chi connectivity index (χ1v) is 7.50. The van der Waals surface area contributed by atoms with Gasteiger partial charge in [-0.25, -0.2) is 0 Å². The van der Waals surface area contributed by atoms with Crippen LogP contribution in [-0.2, 0) is 6.42 Å². The van der Waals surface area contributed by atoms with Crippen LogP contribution in [0.25, 0.3) is 0 Å². The van der Waals surface area contributed by atoms with Crippen LogP contribution >= 0.6 is 0 Å². The van der Waals surface area contributed by atoms with Crippen LogP contribution in [0.15, 0.2) is 18.2 Å². The Balaban J connectivity index is 1.83. The minimum Gasteiger partial charge on any atom is -0.314 e. The van der Waals surface area contributed by atoms with E-state index >= 15 is 0 Å². The molecule has 2 rings (SSSR count). The SMILES string of the molecule is CCNC(CCCc1c(C)cccc1C)C1CC1. The lowest BCUT2D eigenvalue weighted by Crippen LogP contribution is -2.30. The predicted octanol–water partition coefficient (Wildman–Crippen LogP) is 4.01. The Kier molecular flexibility index (Phi) is 4.82. The van der Waals surface area contributed by atoms with Crippen LogP contribution in [0, 0.1) is 19.8 Å². The van der Waals surface area contributed by atoms with Crippen LogP contribution in [0.1, 0.15) is 49.3 Å². The molecule has 100 valence electrons. The van der Waals surface area contributed by atoms with Gasteiger partial charge in [0.05, 0.1) is 0 Å². The number of rotatable bonds is 7. The van der Waals surface area contributed by atoms with Crippen molar-refractivity contribution in [3.05, 3.63) is 34.9 Å². The number of benzene rings is 1. The fourth-order valence-electron chi connectivity index (χ4n) is 3.01. The molecule has 0 bridgehead atoms. The van der Waals surface area contributed by atoms with E-state index < -0.39 is 0 Å². The first-order valence-electron chi connectivity index (χ1n) is 7.50. The van der Waals surface area contributed by atoms with Gasteiger partial charge in [-0.15, -0.1) is 0 Å². The van der Waals surface area contributed by atoms with E-state index in [4.69, 9.17) is 0 Å².